The molecule has 8 atom stereocenters. The summed E-state index contributed by atoms with van der Waals surface area (Å²) >= 11 is 0. The summed E-state index contributed by atoms with van der Waals surface area (Å²) in [6.07, 6.45) is 10.5. The van der Waals surface area contributed by atoms with Crippen LogP contribution in [0.15, 0.2) is 0 Å². The lowest BCUT2D eigenvalue weighted by atomic mass is 9.45. The zero-order valence-corrected chi connectivity index (χ0v) is 13.7. The van der Waals surface area contributed by atoms with E-state index in [4.69, 9.17) is 0 Å². The van der Waals surface area contributed by atoms with Gasteiger partial charge in [0.15, 0.2) is 0 Å². The molecule has 2 nitrogen and oxygen atoms in total. The van der Waals surface area contributed by atoms with E-state index in [1.165, 1.54) is 38.5 Å². The number of fused-ring (bicyclic) bond motifs is 5. The van der Waals surface area contributed by atoms with Crippen molar-refractivity contribution >= 4 is 0 Å². The molecule has 0 radical (unpaired) electrons. The Balaban J connectivity index is 1.64. The predicted molar refractivity (Wildman–Crippen MR) is 83.7 cm³/mol. The van der Waals surface area contributed by atoms with Gasteiger partial charge in [-0.15, -0.1) is 0 Å². The van der Waals surface area contributed by atoms with Crippen molar-refractivity contribution in [3.8, 4) is 0 Å². The minimum Gasteiger partial charge on any atom is -0.390 e. The second-order valence-electron chi connectivity index (χ2n) is 9.25. The molecule has 2 N–H and O–H groups in total. The topological polar surface area (TPSA) is 40.5 Å². The number of hydrogen-bond acceptors (Lipinski definition) is 2. The third-order valence-electron chi connectivity index (χ3n) is 8.51. The van der Waals surface area contributed by atoms with Gasteiger partial charge in [0.1, 0.15) is 0 Å². The highest BCUT2D eigenvalue weighted by atomic mass is 16.3. The van der Waals surface area contributed by atoms with Crippen molar-refractivity contribution in [2.45, 2.75) is 83.8 Å². The molecule has 4 rings (SSSR count). The van der Waals surface area contributed by atoms with Crippen LogP contribution in [0.5, 0.6) is 0 Å². The zero-order chi connectivity index (χ0) is 14.8. The molecule has 0 amide bonds. The van der Waals surface area contributed by atoms with E-state index in [1.54, 1.807) is 0 Å². The summed E-state index contributed by atoms with van der Waals surface area (Å²) < 4.78 is 0. The summed E-state index contributed by atoms with van der Waals surface area (Å²) in [4.78, 5) is 0. The number of hydrogen-bond donors (Lipinski definition) is 2. The quantitative estimate of drug-likeness (QED) is 0.714. The molecule has 4 aliphatic carbocycles. The molecule has 4 aliphatic rings. The Morgan fingerprint density at radius 1 is 0.762 bits per heavy atom. The second-order valence-corrected chi connectivity index (χ2v) is 9.25. The monoisotopic (exact) mass is 292 g/mol. The highest BCUT2D eigenvalue weighted by molar-refractivity contribution is 5.09. The molecule has 0 heterocycles. The molecule has 21 heavy (non-hydrogen) atoms. The molecule has 4 saturated carbocycles. The van der Waals surface area contributed by atoms with Crippen molar-refractivity contribution in [3.05, 3.63) is 0 Å². The smallest absolute Gasteiger partial charge is 0.0832 e. The van der Waals surface area contributed by atoms with Gasteiger partial charge in [-0.05, 0) is 85.9 Å². The first-order chi connectivity index (χ1) is 9.96. The number of aliphatic hydroxyl groups excluding tert-OH is 2. The van der Waals surface area contributed by atoms with Crippen LogP contribution in [0.1, 0.15) is 71.6 Å². The van der Waals surface area contributed by atoms with E-state index in [0.717, 1.165) is 37.0 Å². The fourth-order valence-corrected chi connectivity index (χ4v) is 7.31. The summed E-state index contributed by atoms with van der Waals surface area (Å²) in [7, 11) is 0. The van der Waals surface area contributed by atoms with Crippen LogP contribution in [0.4, 0.5) is 0 Å². The summed E-state index contributed by atoms with van der Waals surface area (Å²) in [6, 6.07) is 0. The molecule has 0 spiro atoms. The third kappa shape index (κ3) is 1.91. The SMILES string of the molecule is C[C@@]12CCC[C@H]1[C@@H]1CC[C@H]3[C@H](O)[C@@H](O)CC[C@]3(C)[C@H]1CC2. The van der Waals surface area contributed by atoms with Crippen LogP contribution in [0.25, 0.3) is 0 Å². The minimum absolute atomic E-state index is 0.283. The van der Waals surface area contributed by atoms with Crippen molar-refractivity contribution in [1.82, 2.24) is 0 Å². The van der Waals surface area contributed by atoms with Crippen LogP contribution < -0.4 is 0 Å². The van der Waals surface area contributed by atoms with Crippen molar-refractivity contribution in [1.29, 1.82) is 0 Å². The Bertz CT molecular complexity index is 422. The predicted octanol–water partition coefficient (Wildman–Crippen LogP) is 3.75. The fraction of sp³-hybridized carbons (Fsp3) is 1.00. The molecule has 0 aromatic heterocycles. The van der Waals surface area contributed by atoms with Gasteiger partial charge < -0.3 is 10.2 Å². The Kier molecular flexibility index (Phi) is 3.25. The fourth-order valence-electron chi connectivity index (χ4n) is 7.31. The van der Waals surface area contributed by atoms with Crippen LogP contribution in [0.2, 0.25) is 0 Å². The molecule has 0 aliphatic heterocycles. The van der Waals surface area contributed by atoms with Crippen LogP contribution in [0.3, 0.4) is 0 Å². The van der Waals surface area contributed by atoms with Gasteiger partial charge >= 0.3 is 0 Å². The average molecular weight is 292 g/mol. The van der Waals surface area contributed by atoms with E-state index in [2.05, 4.69) is 13.8 Å². The Morgan fingerprint density at radius 3 is 2.38 bits per heavy atom. The van der Waals surface area contributed by atoms with Crippen molar-refractivity contribution in [2.24, 2.45) is 34.5 Å². The van der Waals surface area contributed by atoms with E-state index >= 15 is 0 Å². The molecule has 0 unspecified atom stereocenters. The molecular formula is C19H32O2. The molecule has 0 saturated heterocycles. The third-order valence-corrected chi connectivity index (χ3v) is 8.51. The Labute approximate surface area is 129 Å². The van der Waals surface area contributed by atoms with Crippen LogP contribution in [-0.2, 0) is 0 Å². The average Bonchev–Trinajstić information content (AvgIpc) is 2.85. The molecule has 0 aromatic carbocycles. The Hall–Kier alpha value is -0.0800. The van der Waals surface area contributed by atoms with Crippen molar-refractivity contribution in [3.63, 3.8) is 0 Å². The summed E-state index contributed by atoms with van der Waals surface area (Å²) in [5.41, 5.74) is 0.905. The summed E-state index contributed by atoms with van der Waals surface area (Å²) in [5.74, 6) is 2.98. The molecule has 120 valence electrons. The molecular weight excluding hydrogens is 260 g/mol. The second kappa shape index (κ2) is 4.71. The van der Waals surface area contributed by atoms with E-state index in [9.17, 15) is 10.2 Å². The maximum Gasteiger partial charge on any atom is 0.0832 e. The van der Waals surface area contributed by atoms with Crippen LogP contribution in [0, 0.1) is 34.5 Å². The first kappa shape index (κ1) is 14.5. The Morgan fingerprint density at radius 2 is 1.57 bits per heavy atom. The van der Waals surface area contributed by atoms with Gasteiger partial charge in [-0.3, -0.25) is 0 Å². The summed E-state index contributed by atoms with van der Waals surface area (Å²) in [5, 5.41) is 20.6. The van der Waals surface area contributed by atoms with Gasteiger partial charge in [0.05, 0.1) is 12.2 Å². The van der Waals surface area contributed by atoms with Gasteiger partial charge in [0.25, 0.3) is 0 Å². The zero-order valence-electron chi connectivity index (χ0n) is 13.7. The van der Waals surface area contributed by atoms with Crippen LogP contribution in [-0.4, -0.2) is 22.4 Å². The van der Waals surface area contributed by atoms with Crippen molar-refractivity contribution in [2.75, 3.05) is 0 Å². The minimum atomic E-state index is -0.472. The first-order valence-corrected chi connectivity index (χ1v) is 9.32. The largest absolute Gasteiger partial charge is 0.390 e. The van der Waals surface area contributed by atoms with Gasteiger partial charge in [-0.25, -0.2) is 0 Å². The molecule has 2 heteroatoms. The highest BCUT2D eigenvalue weighted by Gasteiger charge is 2.59. The molecule has 4 fully saturated rings. The highest BCUT2D eigenvalue weighted by Crippen LogP contribution is 2.66. The van der Waals surface area contributed by atoms with E-state index < -0.39 is 12.2 Å². The maximum atomic E-state index is 10.5. The standard InChI is InChI=1S/C19H32O2/c1-18-9-3-4-13(18)12-5-6-15-17(21)16(20)8-11-19(15,2)14(12)7-10-18/h12-17,20-21H,3-11H2,1-2H3/t12-,13-,14-,15-,16-,17-,18-,19+/m0/s1. The number of rotatable bonds is 0. The maximum absolute atomic E-state index is 10.5. The van der Waals surface area contributed by atoms with Crippen LogP contribution >= 0.6 is 0 Å². The van der Waals surface area contributed by atoms with Gasteiger partial charge in [0.2, 0.25) is 0 Å². The molecule has 0 bridgehead atoms. The first-order valence-electron chi connectivity index (χ1n) is 9.32. The normalized spacial score (nSPS) is 60.0. The lowest BCUT2D eigenvalue weighted by Crippen LogP contribution is -2.57. The number of aliphatic hydroxyl groups is 2. The summed E-state index contributed by atoms with van der Waals surface area (Å²) in [6.45, 7) is 5.00. The van der Waals surface area contributed by atoms with Gasteiger partial charge in [-0.1, -0.05) is 20.3 Å². The van der Waals surface area contributed by atoms with Gasteiger partial charge in [-0.2, -0.15) is 0 Å². The van der Waals surface area contributed by atoms with E-state index in [1.807, 2.05) is 0 Å². The molecule has 0 aromatic rings. The van der Waals surface area contributed by atoms with Crippen molar-refractivity contribution < 1.29 is 10.2 Å². The van der Waals surface area contributed by atoms with E-state index in [-0.39, 0.29) is 5.41 Å². The van der Waals surface area contributed by atoms with Gasteiger partial charge in [0, 0.05) is 0 Å². The van der Waals surface area contributed by atoms with E-state index in [0.29, 0.717) is 11.3 Å². The lowest BCUT2D eigenvalue weighted by Gasteiger charge is -2.61. The lowest BCUT2D eigenvalue weighted by molar-refractivity contribution is -0.171.